The second kappa shape index (κ2) is 22.7. The average molecular weight is 1380 g/mol. The summed E-state index contributed by atoms with van der Waals surface area (Å²) in [5.74, 6) is -0.705. The molecule has 1 saturated heterocycles. The second-order valence-electron chi connectivity index (χ2n) is 23.9. The minimum Gasteiger partial charge on any atom is -0.444 e. The number of pyridine rings is 2. The van der Waals surface area contributed by atoms with Gasteiger partial charge < -0.3 is 9.47 Å². The number of hydrogen-bond donors (Lipinski definition) is 0. The van der Waals surface area contributed by atoms with Crippen LogP contribution in [0.25, 0.3) is 104 Å². The van der Waals surface area contributed by atoms with Gasteiger partial charge in [0.2, 0.25) is 11.6 Å². The predicted molar refractivity (Wildman–Crippen MR) is 379 cm³/mol. The third-order valence-corrected chi connectivity index (χ3v) is 26.1. The smallest absolute Gasteiger partial charge is 0.419 e. The Balaban J connectivity index is 0.623. The van der Waals surface area contributed by atoms with Crippen LogP contribution in [-0.2, 0) is 37.1 Å². The number of benzene rings is 4. The molecule has 0 spiro atoms. The number of nitrogens with zero attached hydrogens (tertiary/aromatic N) is 11. The van der Waals surface area contributed by atoms with E-state index in [9.17, 15) is 24.0 Å². The lowest BCUT2D eigenvalue weighted by Crippen LogP contribution is -2.36. The molecule has 4 fully saturated rings. The van der Waals surface area contributed by atoms with Crippen LogP contribution in [0.1, 0.15) is 61.6 Å². The van der Waals surface area contributed by atoms with Crippen LogP contribution in [-0.4, -0.2) is 92.8 Å². The van der Waals surface area contributed by atoms with Gasteiger partial charge in [0.1, 0.15) is 39.6 Å². The van der Waals surface area contributed by atoms with E-state index in [1.54, 1.807) is 66.9 Å². The number of fused-ring (bicyclic) bond motifs is 14. The summed E-state index contributed by atoms with van der Waals surface area (Å²) in [6.45, 7) is 2.52. The number of thioether (sulfide) groups is 1. The lowest BCUT2D eigenvalue weighted by atomic mass is 9.61. The summed E-state index contributed by atoms with van der Waals surface area (Å²) in [4.78, 5) is 92.6. The van der Waals surface area contributed by atoms with Crippen molar-refractivity contribution in [3.8, 4) is 20.9 Å². The molecular weight excluding hydrogens is 1340 g/mol. The molecular formula is C68H45N11O7S8. The number of aliphatic imine (C=N–C) groups is 2. The predicted octanol–water partition coefficient (Wildman–Crippen LogP) is 17.3. The molecule has 14 aromatic rings. The first kappa shape index (κ1) is 57.9. The number of amides is 1. The molecule has 3 aliphatic carbocycles. The Bertz CT molecular complexity index is 5680. The van der Waals surface area contributed by atoms with Crippen LogP contribution in [0.4, 0.5) is 21.2 Å². The number of carbonyl (C=O) groups excluding carboxylic acids is 5. The van der Waals surface area contributed by atoms with Gasteiger partial charge >= 0.3 is 12.2 Å². The number of aromatic nitrogens is 8. The normalized spacial score (nSPS) is 20.1. The number of ether oxygens (including phenoxy) is 2. The lowest BCUT2D eigenvalue weighted by Gasteiger charge is -2.43. The van der Waals surface area contributed by atoms with Gasteiger partial charge in [0, 0.05) is 71.8 Å². The highest BCUT2D eigenvalue weighted by Gasteiger charge is 2.53. The van der Waals surface area contributed by atoms with Crippen LogP contribution in [0.15, 0.2) is 138 Å². The highest BCUT2D eigenvalue weighted by molar-refractivity contribution is 8.35. The second-order valence-corrected chi connectivity index (χ2v) is 30.8. The fraction of sp³-hybridized carbons (Fsp3) is 0.206. The van der Waals surface area contributed by atoms with Crippen LogP contribution in [0.5, 0.6) is 0 Å². The first-order chi connectivity index (χ1) is 46.0. The Kier molecular flexibility index (Phi) is 14.0. The third kappa shape index (κ3) is 9.29. The van der Waals surface area contributed by atoms with Crippen molar-refractivity contribution in [1.82, 2.24) is 41.5 Å². The van der Waals surface area contributed by atoms with Crippen LogP contribution in [0.3, 0.4) is 0 Å². The van der Waals surface area contributed by atoms with Crippen molar-refractivity contribution in [3.63, 3.8) is 0 Å². The minimum absolute atomic E-state index is 0.0932. The van der Waals surface area contributed by atoms with Gasteiger partial charge in [-0.25, -0.2) is 38.7 Å². The van der Waals surface area contributed by atoms with E-state index in [-0.39, 0.29) is 65.0 Å². The van der Waals surface area contributed by atoms with Gasteiger partial charge in [-0.05, 0) is 109 Å². The zero-order chi connectivity index (χ0) is 63.2. The first-order valence-electron chi connectivity index (χ1n) is 30.4. The number of rotatable bonds is 10. The van der Waals surface area contributed by atoms with E-state index in [0.29, 0.717) is 57.2 Å². The topological polar surface area (TPSA) is 219 Å². The molecule has 0 N–H and O–H groups in total. The summed E-state index contributed by atoms with van der Waals surface area (Å²) in [7, 11) is 0. The number of ketones is 2. The van der Waals surface area contributed by atoms with Gasteiger partial charge in [0.05, 0.1) is 70.0 Å². The highest BCUT2D eigenvalue weighted by atomic mass is 32.2. The zero-order valence-corrected chi connectivity index (χ0v) is 55.7. The molecule has 462 valence electrons. The maximum Gasteiger partial charge on any atom is 0.419 e. The van der Waals surface area contributed by atoms with E-state index >= 15 is 0 Å². The van der Waals surface area contributed by atoms with Crippen LogP contribution in [0.2, 0.25) is 0 Å². The Labute approximate surface area is 566 Å². The maximum atomic E-state index is 14.6. The van der Waals surface area contributed by atoms with Crippen LogP contribution in [0, 0.1) is 23.7 Å². The summed E-state index contributed by atoms with van der Waals surface area (Å²) in [5.41, 5.74) is 9.76. The molecule has 94 heavy (non-hydrogen) atoms. The van der Waals surface area contributed by atoms with Crippen molar-refractivity contribution in [2.45, 2.75) is 58.2 Å². The van der Waals surface area contributed by atoms with E-state index in [4.69, 9.17) is 41.0 Å². The van der Waals surface area contributed by atoms with Crippen molar-refractivity contribution >= 4 is 232 Å². The Morgan fingerprint density at radius 2 is 1.16 bits per heavy atom. The van der Waals surface area contributed by atoms with Gasteiger partial charge in [-0.2, -0.15) is 17.5 Å². The first-order valence-corrected chi connectivity index (χ1v) is 36.4. The van der Waals surface area contributed by atoms with E-state index in [1.165, 1.54) is 10.5 Å². The number of carbonyl (C=O) groups is 5. The van der Waals surface area contributed by atoms with E-state index < -0.39 is 23.9 Å². The van der Waals surface area contributed by atoms with Gasteiger partial charge in [-0.1, -0.05) is 103 Å². The van der Waals surface area contributed by atoms with Crippen molar-refractivity contribution in [3.05, 3.63) is 144 Å². The summed E-state index contributed by atoms with van der Waals surface area (Å²) in [5, 5.41) is 2.15. The molecule has 26 heteroatoms. The SMILES string of the molecule is CCN1C(=O)C(=Nc2ncc(-c3cc4c(s3)c3sc5cc(C6CCC7CC8C(=Nc9ncc(-c%10cc%11c(s%10)c%10sc%12ccccc%12c%10n%11C(=O)OCc%10ccccc%10)c%10nsnc9%10)C(=O)C(=O)C8CC7C6)ccc5c3n4C(=O)OCc3ccccc3)c3nsnc23)SC1=S. The monoisotopic (exact) mass is 1380 g/mol. The average Bonchev–Trinajstić information content (AvgIpc) is 1.57. The standard InChI is InChI=1S/C68H45N11O7S8/c1-2-77-65(82)64(92-68(77)87)72-63-53-50(74-94-76-53)42(28-70-63)48-26-44-59(90-48)61-55(79(44)67(84)86-30-32-13-7-4-8-14-32)38-20-19-35(24-46(38)91-61)33-17-18-34-22-39-40(23-36(34)21-33)56(80)57(81)51(39)71-62-52-49(73-93-75-52)41(27-69-62)47-25-43-58(89-47)60-54(37-15-9-10-16-45(37)88-60)78(43)66(83)85-29-31-11-5-3-6-12-31/h3-16,19-20,24-28,33-34,36,39-40H,2,17-18,21-23,29-30H2,1H3. The van der Waals surface area contributed by atoms with Crippen molar-refractivity contribution in [1.29, 1.82) is 0 Å². The summed E-state index contributed by atoms with van der Waals surface area (Å²) >= 11 is 15.0. The molecule has 11 heterocycles. The number of hydrogen-bond acceptors (Lipinski definition) is 23. The van der Waals surface area contributed by atoms with Gasteiger partial charge in [-0.15, -0.1) is 45.3 Å². The van der Waals surface area contributed by atoms with E-state index in [1.807, 2.05) is 97.9 Å². The summed E-state index contributed by atoms with van der Waals surface area (Å²) in [6, 6.07) is 37.9. The molecule has 18 nitrogen and oxygen atoms in total. The lowest BCUT2D eigenvalue weighted by molar-refractivity contribution is -0.135. The fourth-order valence-electron chi connectivity index (χ4n) is 14.4. The van der Waals surface area contributed by atoms with E-state index in [2.05, 4.69) is 42.4 Å². The Morgan fingerprint density at radius 3 is 1.78 bits per heavy atom. The van der Waals surface area contributed by atoms with Gasteiger partial charge in [-0.3, -0.25) is 19.3 Å². The molecule has 5 unspecified atom stereocenters. The number of thiophene rings is 4. The third-order valence-electron chi connectivity index (χ3n) is 18.8. The van der Waals surface area contributed by atoms with Crippen LogP contribution < -0.4 is 0 Å². The molecule has 5 atom stereocenters. The van der Waals surface area contributed by atoms with Gasteiger partial charge in [0.15, 0.2) is 16.7 Å². The van der Waals surface area contributed by atoms with Crippen molar-refractivity contribution in [2.24, 2.45) is 33.7 Å². The molecule has 4 aromatic carbocycles. The van der Waals surface area contributed by atoms with Crippen molar-refractivity contribution in [2.75, 3.05) is 6.54 Å². The number of Topliss-reactive ketones (excluding diaryl/α,β-unsaturated/α-hetero) is 2. The minimum atomic E-state index is -0.545. The fourth-order valence-corrected chi connectivity index (χ4v) is 21.8. The Hall–Kier alpha value is -8.73. The van der Waals surface area contributed by atoms with Gasteiger partial charge in [0.25, 0.3) is 5.91 Å². The molecule has 3 saturated carbocycles. The Morgan fingerprint density at radius 1 is 0.596 bits per heavy atom. The molecule has 4 aliphatic rings. The molecule has 18 rings (SSSR count). The largest absolute Gasteiger partial charge is 0.444 e. The summed E-state index contributed by atoms with van der Waals surface area (Å²) in [6.07, 6.45) is 6.49. The molecule has 1 aliphatic heterocycles. The molecule has 1 amide bonds. The summed E-state index contributed by atoms with van der Waals surface area (Å²) < 4.78 is 40.5. The van der Waals surface area contributed by atoms with Crippen molar-refractivity contribution < 1.29 is 33.4 Å². The zero-order valence-electron chi connectivity index (χ0n) is 49.2. The van der Waals surface area contributed by atoms with E-state index in [0.717, 1.165) is 142 Å². The molecule has 0 radical (unpaired) electrons. The molecule has 0 bridgehead atoms. The maximum absolute atomic E-state index is 14.6. The highest BCUT2D eigenvalue weighted by Crippen LogP contribution is 2.54. The quantitative estimate of drug-likeness (QED) is 0.0918. The molecule has 10 aromatic heterocycles. The van der Waals surface area contributed by atoms with Crippen LogP contribution >= 0.6 is 92.8 Å². The number of thiocarbonyl (C=S) groups is 1.